The number of amides is 1. The molecule has 0 atom stereocenters. The van der Waals surface area contributed by atoms with E-state index < -0.39 is 12.5 Å². The number of carbonyl (C=O) groups is 2. The molecule has 0 bridgehead atoms. The van der Waals surface area contributed by atoms with E-state index in [-0.39, 0.29) is 16.3 Å². The van der Waals surface area contributed by atoms with Gasteiger partial charge in [0.25, 0.3) is 5.91 Å². The standard InChI is InChI=1S/C17H17NO4S2/c19-15(20)10-18-16(21)14(24-17(18)23)9-11-4-3-7-13(8-11)22-12-5-1-2-6-12/h3-4,7-9,12H,1-2,5-6,10H2,(H,19,20). The van der Waals surface area contributed by atoms with Crippen molar-refractivity contribution in [2.45, 2.75) is 31.8 Å². The molecule has 0 spiro atoms. The van der Waals surface area contributed by atoms with Crippen molar-refractivity contribution in [2.24, 2.45) is 0 Å². The van der Waals surface area contributed by atoms with Crippen molar-refractivity contribution >= 4 is 46.3 Å². The first kappa shape index (κ1) is 17.0. The molecule has 1 aliphatic carbocycles. The Bertz CT molecular complexity index is 710. The zero-order valence-electron chi connectivity index (χ0n) is 12.9. The lowest BCUT2D eigenvalue weighted by Gasteiger charge is -2.13. The Labute approximate surface area is 149 Å². The maximum absolute atomic E-state index is 12.3. The normalized spacial score (nSPS) is 20.2. The molecule has 1 N–H and O–H groups in total. The molecule has 1 saturated heterocycles. The van der Waals surface area contributed by atoms with Crippen LogP contribution in [0.2, 0.25) is 0 Å². The summed E-state index contributed by atoms with van der Waals surface area (Å²) in [5, 5.41) is 8.86. The highest BCUT2D eigenvalue weighted by molar-refractivity contribution is 8.26. The molecule has 1 aromatic rings. The van der Waals surface area contributed by atoms with Gasteiger partial charge in [0.1, 0.15) is 16.6 Å². The second-order valence-electron chi connectivity index (χ2n) is 5.76. The lowest BCUT2D eigenvalue weighted by Crippen LogP contribution is -2.33. The molecule has 1 amide bonds. The number of hydrogen-bond donors (Lipinski definition) is 1. The van der Waals surface area contributed by atoms with E-state index in [9.17, 15) is 9.59 Å². The number of carbonyl (C=O) groups excluding carboxylic acids is 1. The van der Waals surface area contributed by atoms with Crippen LogP contribution >= 0.6 is 24.0 Å². The Morgan fingerprint density at radius 1 is 1.42 bits per heavy atom. The average molecular weight is 363 g/mol. The van der Waals surface area contributed by atoms with E-state index in [0.717, 1.165) is 40.8 Å². The maximum Gasteiger partial charge on any atom is 0.323 e. The highest BCUT2D eigenvalue weighted by Gasteiger charge is 2.33. The summed E-state index contributed by atoms with van der Waals surface area (Å²) in [6.45, 7) is -0.410. The SMILES string of the molecule is O=C(O)CN1C(=O)C(=Cc2cccc(OC3CCCC3)c2)SC1=S. The quantitative estimate of drug-likeness (QED) is 0.640. The molecule has 3 rings (SSSR count). The van der Waals surface area contributed by atoms with Crippen LogP contribution in [0.25, 0.3) is 6.08 Å². The summed E-state index contributed by atoms with van der Waals surface area (Å²) in [6, 6.07) is 7.56. The van der Waals surface area contributed by atoms with Crippen LogP contribution in [-0.2, 0) is 9.59 Å². The molecule has 2 fully saturated rings. The Hall–Kier alpha value is -1.86. The van der Waals surface area contributed by atoms with Crippen molar-refractivity contribution in [1.82, 2.24) is 4.90 Å². The average Bonchev–Trinajstić information content (AvgIpc) is 3.12. The van der Waals surface area contributed by atoms with Crippen molar-refractivity contribution < 1.29 is 19.4 Å². The molecule has 1 heterocycles. The predicted molar refractivity (Wildman–Crippen MR) is 96.8 cm³/mol. The van der Waals surface area contributed by atoms with Gasteiger partial charge in [-0.05, 0) is 49.5 Å². The molecule has 5 nitrogen and oxygen atoms in total. The first-order valence-corrected chi connectivity index (χ1v) is 8.99. The minimum Gasteiger partial charge on any atom is -0.490 e. The van der Waals surface area contributed by atoms with Crippen LogP contribution in [0, 0.1) is 0 Å². The van der Waals surface area contributed by atoms with Gasteiger partial charge in [-0.3, -0.25) is 14.5 Å². The molecule has 2 aliphatic rings. The van der Waals surface area contributed by atoms with Crippen molar-refractivity contribution in [3.63, 3.8) is 0 Å². The summed E-state index contributed by atoms with van der Waals surface area (Å²) >= 11 is 6.21. The van der Waals surface area contributed by atoms with Gasteiger partial charge < -0.3 is 9.84 Å². The molecule has 0 unspecified atom stereocenters. The van der Waals surface area contributed by atoms with Gasteiger partial charge in [-0.1, -0.05) is 36.1 Å². The number of ether oxygens (including phenoxy) is 1. The van der Waals surface area contributed by atoms with Crippen LogP contribution < -0.4 is 4.74 Å². The third-order valence-corrected chi connectivity index (χ3v) is 5.31. The summed E-state index contributed by atoms with van der Waals surface area (Å²) in [6.07, 6.45) is 6.57. The molecule has 1 aliphatic heterocycles. The van der Waals surface area contributed by atoms with Gasteiger partial charge in [0.2, 0.25) is 0 Å². The van der Waals surface area contributed by atoms with E-state index in [1.54, 1.807) is 6.08 Å². The summed E-state index contributed by atoms with van der Waals surface area (Å²) in [5.41, 5.74) is 0.835. The zero-order chi connectivity index (χ0) is 17.1. The van der Waals surface area contributed by atoms with Gasteiger partial charge in [0.15, 0.2) is 0 Å². The Morgan fingerprint density at radius 2 is 2.17 bits per heavy atom. The fraction of sp³-hybridized carbons (Fsp3) is 0.353. The van der Waals surface area contributed by atoms with E-state index in [1.165, 1.54) is 12.8 Å². The lowest BCUT2D eigenvalue weighted by atomic mass is 10.2. The first-order chi connectivity index (χ1) is 11.5. The van der Waals surface area contributed by atoms with Gasteiger partial charge in [-0.2, -0.15) is 0 Å². The van der Waals surface area contributed by atoms with Gasteiger partial charge in [0.05, 0.1) is 11.0 Å². The van der Waals surface area contributed by atoms with Crippen LogP contribution in [-0.4, -0.2) is 38.9 Å². The first-order valence-electron chi connectivity index (χ1n) is 7.77. The Morgan fingerprint density at radius 3 is 2.88 bits per heavy atom. The van der Waals surface area contributed by atoms with E-state index >= 15 is 0 Å². The van der Waals surface area contributed by atoms with Crippen LogP contribution in [0.4, 0.5) is 0 Å². The third-order valence-electron chi connectivity index (χ3n) is 3.93. The molecule has 1 aromatic carbocycles. The number of nitrogens with zero attached hydrogens (tertiary/aromatic N) is 1. The van der Waals surface area contributed by atoms with E-state index in [0.29, 0.717) is 4.91 Å². The van der Waals surface area contributed by atoms with E-state index in [2.05, 4.69) is 0 Å². The molecule has 1 saturated carbocycles. The van der Waals surface area contributed by atoms with Crippen molar-refractivity contribution in [2.75, 3.05) is 6.54 Å². The summed E-state index contributed by atoms with van der Waals surface area (Å²) in [5.74, 6) is -0.661. The van der Waals surface area contributed by atoms with E-state index in [1.807, 2.05) is 24.3 Å². The number of hydrogen-bond acceptors (Lipinski definition) is 5. The molecule has 0 radical (unpaired) electrons. The van der Waals surface area contributed by atoms with Crippen molar-refractivity contribution in [3.05, 3.63) is 34.7 Å². The number of thioether (sulfide) groups is 1. The van der Waals surface area contributed by atoms with Crippen LogP contribution in [0.15, 0.2) is 29.2 Å². The predicted octanol–water partition coefficient (Wildman–Crippen LogP) is 3.29. The molecule has 24 heavy (non-hydrogen) atoms. The van der Waals surface area contributed by atoms with Gasteiger partial charge in [-0.15, -0.1) is 0 Å². The zero-order valence-corrected chi connectivity index (χ0v) is 14.6. The topological polar surface area (TPSA) is 66.8 Å². The summed E-state index contributed by atoms with van der Waals surface area (Å²) in [7, 11) is 0. The van der Waals surface area contributed by atoms with Gasteiger partial charge in [0, 0.05) is 0 Å². The molecular weight excluding hydrogens is 346 g/mol. The van der Waals surface area contributed by atoms with Crippen LogP contribution in [0.3, 0.4) is 0 Å². The number of aliphatic carboxylic acids is 1. The molecular formula is C17H17NO4S2. The third kappa shape index (κ3) is 3.96. The van der Waals surface area contributed by atoms with Crippen molar-refractivity contribution in [1.29, 1.82) is 0 Å². The smallest absolute Gasteiger partial charge is 0.323 e. The number of benzene rings is 1. The van der Waals surface area contributed by atoms with Gasteiger partial charge >= 0.3 is 5.97 Å². The summed E-state index contributed by atoms with van der Waals surface area (Å²) < 4.78 is 6.24. The number of rotatable bonds is 5. The Balaban J connectivity index is 1.74. The minimum absolute atomic E-state index is 0.270. The highest BCUT2D eigenvalue weighted by Crippen LogP contribution is 2.33. The van der Waals surface area contributed by atoms with Crippen molar-refractivity contribution in [3.8, 4) is 5.75 Å². The van der Waals surface area contributed by atoms with Crippen LogP contribution in [0.1, 0.15) is 31.2 Å². The second-order valence-corrected chi connectivity index (χ2v) is 7.43. The minimum atomic E-state index is -1.08. The maximum atomic E-state index is 12.3. The number of carboxylic acid groups (broad SMARTS) is 1. The fourth-order valence-electron chi connectivity index (χ4n) is 2.80. The molecule has 7 heteroatoms. The lowest BCUT2D eigenvalue weighted by molar-refractivity contribution is -0.140. The number of thiocarbonyl (C=S) groups is 1. The van der Waals surface area contributed by atoms with Crippen LogP contribution in [0.5, 0.6) is 5.75 Å². The Kier molecular flexibility index (Phi) is 5.20. The number of carboxylic acids is 1. The largest absolute Gasteiger partial charge is 0.490 e. The van der Waals surface area contributed by atoms with E-state index in [4.69, 9.17) is 22.1 Å². The summed E-state index contributed by atoms with van der Waals surface area (Å²) in [4.78, 5) is 24.6. The highest BCUT2D eigenvalue weighted by atomic mass is 32.2. The fourth-order valence-corrected chi connectivity index (χ4v) is 4.05. The second kappa shape index (κ2) is 7.36. The van der Waals surface area contributed by atoms with Gasteiger partial charge in [-0.25, -0.2) is 0 Å². The molecule has 0 aromatic heterocycles. The molecule has 126 valence electrons. The monoisotopic (exact) mass is 363 g/mol.